The van der Waals surface area contributed by atoms with E-state index in [-0.39, 0.29) is 5.56 Å². The SMILES string of the molecule is CC[NH+](CC)CCn1c(=S)sc2c(=O)n(-c3ccccc3)c(SCc3ccc(Cl)cc3)nc21. The van der Waals surface area contributed by atoms with Crippen molar-refractivity contribution in [2.45, 2.75) is 31.3 Å². The predicted octanol–water partition coefficient (Wildman–Crippen LogP) is 4.85. The third-order valence-corrected chi connectivity index (χ3v) is 8.33. The summed E-state index contributed by atoms with van der Waals surface area (Å²) in [6.45, 7) is 8.19. The molecule has 0 aliphatic carbocycles. The standard InChI is InChI=1S/C24H25ClN4OS3/c1-3-27(4-2)14-15-28-21-20(33-24(28)31)22(30)29(19-8-6-5-7-9-19)23(26-21)32-16-17-10-12-18(25)13-11-17/h5-13H,3-4,14-16H2,1-2H3/p+1. The third kappa shape index (κ3) is 5.41. The Kier molecular flexibility index (Phi) is 8.03. The maximum absolute atomic E-state index is 13.7. The third-order valence-electron chi connectivity index (χ3n) is 5.64. The molecule has 4 aromatic rings. The molecule has 0 saturated carbocycles. The van der Waals surface area contributed by atoms with Crippen LogP contribution in [0.2, 0.25) is 5.02 Å². The zero-order valence-electron chi connectivity index (χ0n) is 18.6. The van der Waals surface area contributed by atoms with Gasteiger partial charge in [-0.05, 0) is 55.9 Å². The fourth-order valence-corrected chi connectivity index (χ4v) is 6.08. The smallest absolute Gasteiger partial charge is 0.278 e. The van der Waals surface area contributed by atoms with Crippen LogP contribution in [0.15, 0.2) is 64.5 Å². The number of quaternary nitrogens is 1. The largest absolute Gasteiger partial charge is 0.334 e. The van der Waals surface area contributed by atoms with E-state index in [4.69, 9.17) is 28.8 Å². The summed E-state index contributed by atoms with van der Waals surface area (Å²) in [4.78, 5) is 20.1. The zero-order valence-corrected chi connectivity index (χ0v) is 21.8. The molecular formula is C24H26ClN4OS3+. The van der Waals surface area contributed by atoms with Gasteiger partial charge in [0, 0.05) is 10.8 Å². The second kappa shape index (κ2) is 11.0. The minimum absolute atomic E-state index is 0.0742. The maximum atomic E-state index is 13.7. The van der Waals surface area contributed by atoms with Gasteiger partial charge in [-0.3, -0.25) is 9.36 Å². The van der Waals surface area contributed by atoms with Crippen LogP contribution in [0, 0.1) is 3.95 Å². The van der Waals surface area contributed by atoms with Gasteiger partial charge in [0.2, 0.25) is 0 Å². The van der Waals surface area contributed by atoms with Crippen molar-refractivity contribution in [3.63, 3.8) is 0 Å². The van der Waals surface area contributed by atoms with Crippen LogP contribution in [-0.4, -0.2) is 33.8 Å². The molecular weight excluding hydrogens is 492 g/mol. The van der Waals surface area contributed by atoms with Gasteiger partial charge in [0.1, 0.15) is 4.70 Å². The first-order valence-corrected chi connectivity index (χ1v) is 13.5. The van der Waals surface area contributed by atoms with Gasteiger partial charge >= 0.3 is 0 Å². The molecule has 0 fully saturated rings. The molecule has 2 aromatic carbocycles. The first-order chi connectivity index (χ1) is 16.0. The summed E-state index contributed by atoms with van der Waals surface area (Å²) in [5.74, 6) is 0.677. The second-order valence-corrected chi connectivity index (χ2v) is 10.7. The van der Waals surface area contributed by atoms with Crippen molar-refractivity contribution < 1.29 is 4.90 Å². The summed E-state index contributed by atoms with van der Waals surface area (Å²) in [5, 5.41) is 1.36. The number of rotatable bonds is 9. The van der Waals surface area contributed by atoms with Crippen LogP contribution >= 0.6 is 46.9 Å². The maximum Gasteiger partial charge on any atom is 0.278 e. The summed E-state index contributed by atoms with van der Waals surface area (Å²) in [7, 11) is 0. The number of hydrogen-bond acceptors (Lipinski definition) is 5. The number of thioether (sulfide) groups is 1. The van der Waals surface area contributed by atoms with Crippen molar-refractivity contribution in [3.05, 3.63) is 79.5 Å². The fourth-order valence-electron chi connectivity index (χ4n) is 3.68. The van der Waals surface area contributed by atoms with Crippen LogP contribution < -0.4 is 10.5 Å². The molecule has 0 unspecified atom stereocenters. The van der Waals surface area contributed by atoms with Crippen molar-refractivity contribution in [1.29, 1.82) is 0 Å². The van der Waals surface area contributed by atoms with Crippen LogP contribution in [0.1, 0.15) is 19.4 Å². The van der Waals surface area contributed by atoms with E-state index < -0.39 is 0 Å². The Morgan fingerprint density at radius 1 is 1.09 bits per heavy atom. The van der Waals surface area contributed by atoms with Gasteiger partial charge in [0.15, 0.2) is 14.8 Å². The molecule has 0 radical (unpaired) electrons. The summed E-state index contributed by atoms with van der Waals surface area (Å²) in [5.41, 5.74) is 2.53. The first kappa shape index (κ1) is 24.2. The molecule has 0 bridgehead atoms. The minimum Gasteiger partial charge on any atom is -0.334 e. The number of benzene rings is 2. The monoisotopic (exact) mass is 517 g/mol. The Hall–Kier alpha value is -1.97. The van der Waals surface area contributed by atoms with Crippen LogP contribution in [0.5, 0.6) is 0 Å². The molecule has 0 atom stereocenters. The Morgan fingerprint density at radius 3 is 2.45 bits per heavy atom. The highest BCUT2D eigenvalue weighted by Gasteiger charge is 2.19. The van der Waals surface area contributed by atoms with Crippen LogP contribution in [0.4, 0.5) is 0 Å². The lowest BCUT2D eigenvalue weighted by molar-refractivity contribution is -0.897. The molecule has 1 N–H and O–H groups in total. The molecule has 0 saturated heterocycles. The highest BCUT2D eigenvalue weighted by atomic mass is 35.5. The molecule has 0 aliphatic heterocycles. The minimum atomic E-state index is -0.0742. The molecule has 0 amide bonds. The number of para-hydroxylation sites is 1. The van der Waals surface area contributed by atoms with Crippen LogP contribution in [-0.2, 0) is 12.3 Å². The molecule has 2 heterocycles. The molecule has 0 aliphatic rings. The van der Waals surface area contributed by atoms with Gasteiger partial charge in [-0.1, -0.05) is 65.0 Å². The fraction of sp³-hybridized carbons (Fsp3) is 0.292. The number of thiazole rings is 1. The molecule has 9 heteroatoms. The van der Waals surface area contributed by atoms with Crippen LogP contribution in [0.3, 0.4) is 0 Å². The number of aromatic nitrogens is 3. The summed E-state index contributed by atoms with van der Waals surface area (Å²) in [6, 6.07) is 17.4. The summed E-state index contributed by atoms with van der Waals surface area (Å²) < 4.78 is 5.03. The van der Waals surface area contributed by atoms with Crippen LogP contribution in [0.25, 0.3) is 16.0 Å². The topological polar surface area (TPSA) is 44.3 Å². The number of fused-ring (bicyclic) bond motifs is 1. The lowest BCUT2D eigenvalue weighted by atomic mass is 10.2. The molecule has 5 nitrogen and oxygen atoms in total. The van der Waals surface area contributed by atoms with Gasteiger partial charge in [0.25, 0.3) is 5.56 Å². The number of nitrogens with zero attached hydrogens (tertiary/aromatic N) is 3. The van der Waals surface area contributed by atoms with Crippen molar-refractivity contribution in [2.75, 3.05) is 19.6 Å². The van der Waals surface area contributed by atoms with E-state index >= 15 is 0 Å². The second-order valence-electron chi connectivity index (χ2n) is 7.67. The van der Waals surface area contributed by atoms with Crippen molar-refractivity contribution >= 4 is 57.3 Å². The molecule has 33 heavy (non-hydrogen) atoms. The molecule has 2 aromatic heterocycles. The van der Waals surface area contributed by atoms with E-state index in [2.05, 4.69) is 13.8 Å². The van der Waals surface area contributed by atoms with E-state index in [1.165, 1.54) is 16.2 Å². The van der Waals surface area contributed by atoms with E-state index in [1.54, 1.807) is 16.3 Å². The average molecular weight is 518 g/mol. The van der Waals surface area contributed by atoms with Crippen molar-refractivity contribution in [3.8, 4) is 5.69 Å². The van der Waals surface area contributed by atoms with E-state index in [1.807, 2.05) is 59.2 Å². The normalized spacial score (nSPS) is 11.5. The lowest BCUT2D eigenvalue weighted by Crippen LogP contribution is -3.11. The van der Waals surface area contributed by atoms with Gasteiger partial charge in [-0.15, -0.1) is 0 Å². The zero-order chi connectivity index (χ0) is 23.4. The Bertz CT molecular complexity index is 1340. The van der Waals surface area contributed by atoms with Crippen molar-refractivity contribution in [2.24, 2.45) is 0 Å². The highest BCUT2D eigenvalue weighted by molar-refractivity contribution is 7.98. The van der Waals surface area contributed by atoms with Gasteiger partial charge in [0.05, 0.1) is 31.9 Å². The van der Waals surface area contributed by atoms with Gasteiger partial charge < -0.3 is 9.47 Å². The summed E-state index contributed by atoms with van der Waals surface area (Å²) in [6.07, 6.45) is 0. The Balaban J connectivity index is 1.80. The Labute approximate surface area is 211 Å². The predicted molar refractivity (Wildman–Crippen MR) is 142 cm³/mol. The molecule has 4 rings (SSSR count). The van der Waals surface area contributed by atoms with E-state index in [0.717, 1.165) is 37.4 Å². The number of halogens is 1. The molecule has 172 valence electrons. The number of nitrogens with one attached hydrogen (secondary N) is 1. The number of likely N-dealkylation sites (N-methyl/N-ethyl adjacent to an activating group) is 1. The molecule has 0 spiro atoms. The first-order valence-electron chi connectivity index (χ1n) is 10.9. The Morgan fingerprint density at radius 2 is 1.79 bits per heavy atom. The van der Waals surface area contributed by atoms with Crippen molar-refractivity contribution in [1.82, 2.24) is 14.1 Å². The highest BCUT2D eigenvalue weighted by Crippen LogP contribution is 2.27. The average Bonchev–Trinajstić information content (AvgIpc) is 3.15. The van der Waals surface area contributed by atoms with Gasteiger partial charge in [-0.2, -0.15) is 0 Å². The number of hydrogen-bond donors (Lipinski definition) is 1. The van der Waals surface area contributed by atoms with E-state index in [0.29, 0.717) is 30.2 Å². The lowest BCUT2D eigenvalue weighted by Gasteiger charge is -2.16. The summed E-state index contributed by atoms with van der Waals surface area (Å²) >= 11 is 14.6. The quantitative estimate of drug-likeness (QED) is 0.196. The van der Waals surface area contributed by atoms with Gasteiger partial charge in [-0.25, -0.2) is 4.98 Å². The van der Waals surface area contributed by atoms with E-state index in [9.17, 15) is 4.79 Å².